The lowest BCUT2D eigenvalue weighted by atomic mass is 9.97. The van der Waals surface area contributed by atoms with E-state index >= 15 is 0 Å². The largest absolute Gasteiger partial charge is 0.328 e. The second kappa shape index (κ2) is 8.01. The Morgan fingerprint density at radius 1 is 1.19 bits per heavy atom. The second-order valence-electron chi connectivity index (χ2n) is 7.44. The van der Waals surface area contributed by atoms with Crippen molar-refractivity contribution in [2.75, 3.05) is 13.1 Å². The SMILES string of the molecule is Cc1cnc(-c2ccncc2)n1CC1CCCN(Cc2cccc(F)c2)C1. The van der Waals surface area contributed by atoms with Gasteiger partial charge in [0.05, 0.1) is 0 Å². The van der Waals surface area contributed by atoms with Crippen molar-refractivity contribution in [3.8, 4) is 11.4 Å². The summed E-state index contributed by atoms with van der Waals surface area (Å²) in [5, 5.41) is 0. The third kappa shape index (κ3) is 4.25. The van der Waals surface area contributed by atoms with Crippen LogP contribution in [0.1, 0.15) is 24.1 Å². The molecule has 0 aliphatic carbocycles. The van der Waals surface area contributed by atoms with Gasteiger partial charge in [0.15, 0.2) is 0 Å². The lowest BCUT2D eigenvalue weighted by molar-refractivity contribution is 0.156. The Kier molecular flexibility index (Phi) is 5.30. The number of aromatic nitrogens is 3. The maximum atomic E-state index is 13.5. The van der Waals surface area contributed by atoms with Crippen molar-refractivity contribution < 1.29 is 4.39 Å². The van der Waals surface area contributed by atoms with Crippen molar-refractivity contribution in [3.63, 3.8) is 0 Å². The van der Waals surface area contributed by atoms with Crippen molar-refractivity contribution in [3.05, 3.63) is 72.1 Å². The minimum Gasteiger partial charge on any atom is -0.328 e. The minimum absolute atomic E-state index is 0.155. The van der Waals surface area contributed by atoms with Crippen LogP contribution in [0.2, 0.25) is 0 Å². The Bertz CT molecular complexity index is 890. The van der Waals surface area contributed by atoms with Gasteiger partial charge in [-0.05, 0) is 62.1 Å². The third-order valence-corrected chi connectivity index (χ3v) is 5.33. The second-order valence-corrected chi connectivity index (χ2v) is 7.44. The summed E-state index contributed by atoms with van der Waals surface area (Å²) in [7, 11) is 0. The monoisotopic (exact) mass is 364 g/mol. The molecule has 1 unspecified atom stereocenters. The van der Waals surface area contributed by atoms with Crippen molar-refractivity contribution >= 4 is 0 Å². The molecule has 4 nitrogen and oxygen atoms in total. The van der Waals surface area contributed by atoms with Crippen LogP contribution in [0.15, 0.2) is 55.0 Å². The number of piperidine rings is 1. The molecule has 0 radical (unpaired) electrons. The Labute approximate surface area is 159 Å². The van der Waals surface area contributed by atoms with Crippen molar-refractivity contribution in [1.82, 2.24) is 19.4 Å². The van der Waals surface area contributed by atoms with Crippen LogP contribution in [0.4, 0.5) is 4.39 Å². The number of nitrogens with zero attached hydrogens (tertiary/aromatic N) is 4. The molecular weight excluding hydrogens is 339 g/mol. The number of aryl methyl sites for hydroxylation is 1. The first-order valence-corrected chi connectivity index (χ1v) is 9.58. The molecule has 3 aromatic rings. The molecule has 1 saturated heterocycles. The lowest BCUT2D eigenvalue weighted by Crippen LogP contribution is -2.36. The van der Waals surface area contributed by atoms with E-state index in [4.69, 9.17) is 0 Å². The number of benzene rings is 1. The van der Waals surface area contributed by atoms with Gasteiger partial charge in [-0.25, -0.2) is 9.37 Å². The fourth-order valence-corrected chi connectivity index (χ4v) is 4.02. The standard InChI is InChI=1S/C22H25FN4/c1-17-13-25-22(20-7-9-24-10-8-20)27(17)16-19-5-3-11-26(15-19)14-18-4-2-6-21(23)12-18/h2,4,6-10,12-13,19H,3,5,11,14-16H2,1H3. The highest BCUT2D eigenvalue weighted by atomic mass is 19.1. The molecule has 1 aromatic carbocycles. The van der Waals surface area contributed by atoms with Gasteiger partial charge in [0, 0.05) is 49.5 Å². The fourth-order valence-electron chi connectivity index (χ4n) is 4.02. The van der Waals surface area contributed by atoms with Gasteiger partial charge in [0.2, 0.25) is 0 Å². The molecule has 140 valence electrons. The molecule has 5 heteroatoms. The molecule has 0 N–H and O–H groups in total. The molecule has 27 heavy (non-hydrogen) atoms. The first-order valence-electron chi connectivity index (χ1n) is 9.58. The maximum absolute atomic E-state index is 13.5. The van der Waals surface area contributed by atoms with E-state index in [1.807, 2.05) is 36.8 Å². The molecule has 0 bridgehead atoms. The van der Waals surface area contributed by atoms with Crippen LogP contribution in [0.25, 0.3) is 11.4 Å². The summed E-state index contributed by atoms with van der Waals surface area (Å²) in [6, 6.07) is 11.0. The van der Waals surface area contributed by atoms with Crippen LogP contribution < -0.4 is 0 Å². The highest BCUT2D eigenvalue weighted by Gasteiger charge is 2.22. The predicted molar refractivity (Wildman–Crippen MR) is 105 cm³/mol. The minimum atomic E-state index is -0.155. The number of hydrogen-bond acceptors (Lipinski definition) is 3. The van der Waals surface area contributed by atoms with Gasteiger partial charge in [0.1, 0.15) is 11.6 Å². The average molecular weight is 364 g/mol. The summed E-state index contributed by atoms with van der Waals surface area (Å²) in [6.45, 7) is 6.00. The van der Waals surface area contributed by atoms with E-state index in [9.17, 15) is 4.39 Å². The number of rotatable bonds is 5. The normalized spacial score (nSPS) is 17.9. The highest BCUT2D eigenvalue weighted by Crippen LogP contribution is 2.25. The molecule has 1 atom stereocenters. The van der Waals surface area contributed by atoms with Gasteiger partial charge in [0.25, 0.3) is 0 Å². The average Bonchev–Trinajstić information content (AvgIpc) is 3.03. The Morgan fingerprint density at radius 3 is 2.85 bits per heavy atom. The van der Waals surface area contributed by atoms with E-state index in [0.717, 1.165) is 43.1 Å². The molecule has 2 aromatic heterocycles. The molecule has 1 aliphatic heterocycles. The van der Waals surface area contributed by atoms with Crippen LogP contribution in [-0.4, -0.2) is 32.5 Å². The van der Waals surface area contributed by atoms with E-state index in [2.05, 4.69) is 26.4 Å². The summed E-state index contributed by atoms with van der Waals surface area (Å²) in [5.41, 5.74) is 3.33. The van der Waals surface area contributed by atoms with Crippen LogP contribution in [0, 0.1) is 18.7 Å². The molecule has 0 spiro atoms. The van der Waals surface area contributed by atoms with Crippen molar-refractivity contribution in [1.29, 1.82) is 0 Å². The van der Waals surface area contributed by atoms with Gasteiger partial charge in [-0.1, -0.05) is 12.1 Å². The number of pyridine rings is 1. The summed E-state index contributed by atoms with van der Waals surface area (Å²) in [6.07, 6.45) is 7.96. The first kappa shape index (κ1) is 17.9. The van der Waals surface area contributed by atoms with Crippen LogP contribution in [0.5, 0.6) is 0 Å². The van der Waals surface area contributed by atoms with Crippen LogP contribution in [0.3, 0.4) is 0 Å². The van der Waals surface area contributed by atoms with Gasteiger partial charge >= 0.3 is 0 Å². The zero-order valence-corrected chi connectivity index (χ0v) is 15.7. The van der Waals surface area contributed by atoms with E-state index in [0.29, 0.717) is 5.92 Å². The van der Waals surface area contributed by atoms with Gasteiger partial charge in [-0.3, -0.25) is 9.88 Å². The number of hydrogen-bond donors (Lipinski definition) is 0. The van der Waals surface area contributed by atoms with Gasteiger partial charge in [-0.15, -0.1) is 0 Å². The highest BCUT2D eigenvalue weighted by molar-refractivity contribution is 5.55. The van der Waals surface area contributed by atoms with E-state index in [1.54, 1.807) is 12.1 Å². The summed E-state index contributed by atoms with van der Waals surface area (Å²) in [4.78, 5) is 11.2. The Hall–Kier alpha value is -2.53. The maximum Gasteiger partial charge on any atom is 0.140 e. The van der Waals surface area contributed by atoms with E-state index in [1.165, 1.54) is 24.6 Å². The zero-order valence-electron chi connectivity index (χ0n) is 15.7. The quantitative estimate of drug-likeness (QED) is 0.677. The predicted octanol–water partition coefficient (Wildman–Crippen LogP) is 4.30. The molecule has 0 amide bonds. The van der Waals surface area contributed by atoms with E-state index < -0.39 is 0 Å². The molecule has 1 fully saturated rings. The molecule has 0 saturated carbocycles. The molecule has 3 heterocycles. The molecule has 4 rings (SSSR count). The lowest BCUT2D eigenvalue weighted by Gasteiger charge is -2.33. The number of likely N-dealkylation sites (tertiary alicyclic amines) is 1. The summed E-state index contributed by atoms with van der Waals surface area (Å²) < 4.78 is 15.8. The topological polar surface area (TPSA) is 34.0 Å². The number of imidazole rings is 1. The van der Waals surface area contributed by atoms with Gasteiger partial charge < -0.3 is 4.57 Å². The smallest absolute Gasteiger partial charge is 0.140 e. The van der Waals surface area contributed by atoms with Crippen molar-refractivity contribution in [2.45, 2.75) is 32.9 Å². The molecule has 1 aliphatic rings. The zero-order chi connectivity index (χ0) is 18.6. The fraction of sp³-hybridized carbons (Fsp3) is 0.364. The van der Waals surface area contributed by atoms with Crippen molar-refractivity contribution in [2.24, 2.45) is 5.92 Å². The van der Waals surface area contributed by atoms with Gasteiger partial charge in [-0.2, -0.15) is 0 Å². The molecular formula is C22H25FN4. The summed E-state index contributed by atoms with van der Waals surface area (Å²) >= 11 is 0. The Morgan fingerprint density at radius 2 is 2.04 bits per heavy atom. The first-order chi connectivity index (χ1) is 13.2. The van der Waals surface area contributed by atoms with Crippen LogP contribution in [-0.2, 0) is 13.1 Å². The third-order valence-electron chi connectivity index (χ3n) is 5.33. The number of halogens is 1. The Balaban J connectivity index is 1.46. The summed E-state index contributed by atoms with van der Waals surface area (Å²) in [5.74, 6) is 1.43. The van der Waals surface area contributed by atoms with E-state index in [-0.39, 0.29) is 5.82 Å². The van der Waals surface area contributed by atoms with Crippen LogP contribution >= 0.6 is 0 Å².